The molecule has 0 aliphatic heterocycles. The van der Waals surface area contributed by atoms with E-state index in [-0.39, 0.29) is 17.1 Å². The highest BCUT2D eigenvalue weighted by atomic mass is 32.2. The summed E-state index contributed by atoms with van der Waals surface area (Å²) in [6.45, 7) is 1.30. The predicted octanol–water partition coefficient (Wildman–Crippen LogP) is 1.45. The van der Waals surface area contributed by atoms with Gasteiger partial charge in [0.25, 0.3) is 0 Å². The van der Waals surface area contributed by atoms with Gasteiger partial charge in [-0.2, -0.15) is 4.31 Å². The summed E-state index contributed by atoms with van der Waals surface area (Å²) >= 11 is 0. The number of hydrogen-bond donors (Lipinski definition) is 1. The Morgan fingerprint density at radius 2 is 2.15 bits per heavy atom. The second-order valence-electron chi connectivity index (χ2n) is 5.03. The van der Waals surface area contributed by atoms with Crippen molar-refractivity contribution in [1.82, 2.24) is 4.31 Å². The summed E-state index contributed by atoms with van der Waals surface area (Å²) in [5, 5.41) is 0. The van der Waals surface area contributed by atoms with E-state index in [2.05, 4.69) is 0 Å². The largest absolute Gasteiger partial charge is 0.396 e. The molecule has 0 amide bonds. The molecule has 5 nitrogen and oxygen atoms in total. The van der Waals surface area contributed by atoms with Crippen molar-refractivity contribution in [2.75, 3.05) is 32.5 Å². The average molecular weight is 302 g/mol. The van der Waals surface area contributed by atoms with Crippen LogP contribution in [0.3, 0.4) is 0 Å². The minimum atomic E-state index is -3.66. The maximum Gasteiger partial charge on any atom is 0.242 e. The van der Waals surface area contributed by atoms with E-state index in [0.717, 1.165) is 12.1 Å². The molecule has 0 heterocycles. The average Bonchev–Trinajstić information content (AvgIpc) is 3.21. The van der Waals surface area contributed by atoms with Gasteiger partial charge in [0.1, 0.15) is 5.82 Å². The first kappa shape index (κ1) is 15.2. The Morgan fingerprint density at radius 1 is 1.45 bits per heavy atom. The molecule has 112 valence electrons. The van der Waals surface area contributed by atoms with Crippen molar-refractivity contribution in [3.05, 3.63) is 24.0 Å². The first-order valence-corrected chi connectivity index (χ1v) is 7.94. The highest BCUT2D eigenvalue weighted by Gasteiger charge is 2.23. The number of rotatable bonds is 7. The summed E-state index contributed by atoms with van der Waals surface area (Å²) in [4.78, 5) is -0.0129. The molecule has 1 aliphatic rings. The first-order chi connectivity index (χ1) is 9.41. The van der Waals surface area contributed by atoms with E-state index in [9.17, 15) is 12.8 Å². The van der Waals surface area contributed by atoms with Gasteiger partial charge >= 0.3 is 0 Å². The third kappa shape index (κ3) is 3.68. The SMILES string of the molecule is CN(CCOCC1CC1)S(=O)(=O)c1ccc(F)c(N)c1. The topological polar surface area (TPSA) is 72.6 Å². The Labute approximate surface area is 118 Å². The lowest BCUT2D eigenvalue weighted by Crippen LogP contribution is -2.30. The molecule has 1 saturated carbocycles. The zero-order valence-corrected chi connectivity index (χ0v) is 12.2. The van der Waals surface area contributed by atoms with Crippen LogP contribution in [-0.4, -0.2) is 39.5 Å². The molecule has 1 aromatic rings. The Kier molecular flexibility index (Phi) is 4.62. The molecule has 0 radical (unpaired) electrons. The van der Waals surface area contributed by atoms with E-state index in [1.807, 2.05) is 0 Å². The van der Waals surface area contributed by atoms with Crippen molar-refractivity contribution in [2.24, 2.45) is 5.92 Å². The monoisotopic (exact) mass is 302 g/mol. The highest BCUT2D eigenvalue weighted by molar-refractivity contribution is 7.89. The zero-order chi connectivity index (χ0) is 14.8. The van der Waals surface area contributed by atoms with E-state index in [0.29, 0.717) is 19.1 Å². The normalized spacial score (nSPS) is 15.8. The second kappa shape index (κ2) is 6.07. The molecule has 0 unspecified atom stereocenters. The highest BCUT2D eigenvalue weighted by Crippen LogP contribution is 2.28. The van der Waals surface area contributed by atoms with Crippen LogP contribution in [0.1, 0.15) is 12.8 Å². The van der Waals surface area contributed by atoms with Crippen LogP contribution in [0.15, 0.2) is 23.1 Å². The lowest BCUT2D eigenvalue weighted by atomic mass is 10.3. The van der Waals surface area contributed by atoms with Crippen molar-refractivity contribution in [3.8, 4) is 0 Å². The molecule has 7 heteroatoms. The van der Waals surface area contributed by atoms with Gasteiger partial charge in [0.2, 0.25) is 10.0 Å². The molecule has 1 aromatic carbocycles. The molecular formula is C13H19FN2O3S. The van der Waals surface area contributed by atoms with Gasteiger partial charge in [0.15, 0.2) is 0 Å². The van der Waals surface area contributed by atoms with Gasteiger partial charge in [0.05, 0.1) is 17.2 Å². The third-order valence-corrected chi connectivity index (χ3v) is 5.13. The lowest BCUT2D eigenvalue weighted by molar-refractivity contribution is 0.117. The van der Waals surface area contributed by atoms with Crippen LogP contribution < -0.4 is 5.73 Å². The molecular weight excluding hydrogens is 283 g/mol. The number of halogens is 1. The molecule has 1 fully saturated rings. The van der Waals surface area contributed by atoms with Crippen LogP contribution in [0.4, 0.5) is 10.1 Å². The standard InChI is InChI=1S/C13H19FN2O3S/c1-16(6-7-19-9-10-2-3-10)20(17,18)11-4-5-12(14)13(15)8-11/h4-5,8,10H,2-3,6-7,9,15H2,1H3. The van der Waals surface area contributed by atoms with Crippen LogP contribution in [-0.2, 0) is 14.8 Å². The summed E-state index contributed by atoms with van der Waals surface area (Å²) in [5.41, 5.74) is 5.22. The van der Waals surface area contributed by atoms with E-state index in [1.165, 1.54) is 30.3 Å². The van der Waals surface area contributed by atoms with Crippen LogP contribution in [0.2, 0.25) is 0 Å². The number of hydrogen-bond acceptors (Lipinski definition) is 4. The van der Waals surface area contributed by atoms with Gasteiger partial charge in [0, 0.05) is 20.2 Å². The van der Waals surface area contributed by atoms with Crippen molar-refractivity contribution in [3.63, 3.8) is 0 Å². The molecule has 1 aliphatic carbocycles. The van der Waals surface area contributed by atoms with Gasteiger partial charge in [-0.25, -0.2) is 12.8 Å². The van der Waals surface area contributed by atoms with Crippen LogP contribution in [0, 0.1) is 11.7 Å². The minimum Gasteiger partial charge on any atom is -0.396 e. The fraction of sp³-hybridized carbons (Fsp3) is 0.538. The summed E-state index contributed by atoms with van der Waals surface area (Å²) in [7, 11) is -2.19. The first-order valence-electron chi connectivity index (χ1n) is 6.50. The quantitative estimate of drug-likeness (QED) is 0.611. The number of sulfonamides is 1. The third-order valence-electron chi connectivity index (χ3n) is 3.28. The van der Waals surface area contributed by atoms with Gasteiger partial charge in [-0.05, 0) is 37.0 Å². The number of ether oxygens (including phenoxy) is 1. The number of likely N-dealkylation sites (N-methyl/N-ethyl adjacent to an activating group) is 1. The smallest absolute Gasteiger partial charge is 0.242 e. The number of nitrogens with zero attached hydrogens (tertiary/aromatic N) is 1. The Hall–Kier alpha value is -1.18. The number of nitrogens with two attached hydrogens (primary N) is 1. The summed E-state index contributed by atoms with van der Waals surface area (Å²) in [5.74, 6) is 0.0215. The molecule has 0 atom stereocenters. The zero-order valence-electron chi connectivity index (χ0n) is 11.4. The van der Waals surface area contributed by atoms with E-state index < -0.39 is 15.8 Å². The van der Waals surface area contributed by atoms with E-state index in [4.69, 9.17) is 10.5 Å². The maximum atomic E-state index is 13.1. The minimum absolute atomic E-state index is 0.0129. The summed E-state index contributed by atoms with van der Waals surface area (Å²) < 4.78 is 44.1. The maximum absolute atomic E-state index is 13.1. The Bertz CT molecular complexity index is 573. The van der Waals surface area contributed by atoms with Gasteiger partial charge in [-0.3, -0.25) is 0 Å². The van der Waals surface area contributed by atoms with Crippen molar-refractivity contribution >= 4 is 15.7 Å². The summed E-state index contributed by atoms with van der Waals surface area (Å²) in [6, 6.07) is 3.40. The predicted molar refractivity (Wildman–Crippen MR) is 74.2 cm³/mol. The van der Waals surface area contributed by atoms with Crippen molar-refractivity contribution in [1.29, 1.82) is 0 Å². The molecule has 0 bridgehead atoms. The number of nitrogen functional groups attached to an aromatic ring is 1. The van der Waals surface area contributed by atoms with Crippen molar-refractivity contribution < 1.29 is 17.5 Å². The summed E-state index contributed by atoms with van der Waals surface area (Å²) in [6.07, 6.45) is 2.39. The molecule has 2 N–H and O–H groups in total. The van der Waals surface area contributed by atoms with Gasteiger partial charge < -0.3 is 10.5 Å². The fourth-order valence-electron chi connectivity index (χ4n) is 1.71. The molecule has 2 rings (SSSR count). The van der Waals surface area contributed by atoms with Crippen LogP contribution >= 0.6 is 0 Å². The molecule has 20 heavy (non-hydrogen) atoms. The van der Waals surface area contributed by atoms with E-state index >= 15 is 0 Å². The van der Waals surface area contributed by atoms with Crippen molar-refractivity contribution in [2.45, 2.75) is 17.7 Å². The Morgan fingerprint density at radius 3 is 2.75 bits per heavy atom. The Balaban J connectivity index is 1.94. The molecule has 0 saturated heterocycles. The fourth-order valence-corrected chi connectivity index (χ4v) is 2.90. The lowest BCUT2D eigenvalue weighted by Gasteiger charge is -2.17. The number of anilines is 1. The van der Waals surface area contributed by atoms with Crippen LogP contribution in [0.25, 0.3) is 0 Å². The van der Waals surface area contributed by atoms with Gasteiger partial charge in [-0.1, -0.05) is 0 Å². The number of benzene rings is 1. The van der Waals surface area contributed by atoms with Crippen LogP contribution in [0.5, 0.6) is 0 Å². The van der Waals surface area contributed by atoms with Gasteiger partial charge in [-0.15, -0.1) is 0 Å². The molecule has 0 spiro atoms. The molecule has 0 aromatic heterocycles. The second-order valence-corrected chi connectivity index (χ2v) is 7.07. The van der Waals surface area contributed by atoms with E-state index in [1.54, 1.807) is 0 Å².